The molecule has 2 aromatic carbocycles. The third kappa shape index (κ3) is 2.48. The summed E-state index contributed by atoms with van der Waals surface area (Å²) < 4.78 is 0. The normalized spacial score (nSPS) is 17.3. The largest absolute Gasteiger partial charge is 0.378 e. The number of hydrogen-bond donors (Lipinski definition) is 1. The number of aryl methyl sites for hydroxylation is 2. The third-order valence-electron chi connectivity index (χ3n) is 3.91. The highest BCUT2D eigenvalue weighted by Gasteiger charge is 2.22. The molecular weight excluding hydrogens is 254 g/mol. The molecule has 0 bridgehead atoms. The highest BCUT2D eigenvalue weighted by molar-refractivity contribution is 6.30. The second kappa shape index (κ2) is 5.26. The lowest BCUT2D eigenvalue weighted by atomic mass is 10.1. The highest BCUT2D eigenvalue weighted by Crippen LogP contribution is 2.35. The van der Waals surface area contributed by atoms with Crippen LogP contribution in [0.2, 0.25) is 5.02 Å². The van der Waals surface area contributed by atoms with Crippen LogP contribution in [0.25, 0.3) is 0 Å². The predicted molar refractivity (Wildman–Crippen MR) is 82.0 cm³/mol. The van der Waals surface area contributed by atoms with Crippen LogP contribution in [-0.4, -0.2) is 0 Å². The monoisotopic (exact) mass is 271 g/mol. The van der Waals surface area contributed by atoms with Crippen molar-refractivity contribution in [1.29, 1.82) is 0 Å². The summed E-state index contributed by atoms with van der Waals surface area (Å²) in [6.45, 7) is 2.20. The van der Waals surface area contributed by atoms with Gasteiger partial charge in [-0.15, -0.1) is 0 Å². The fourth-order valence-corrected chi connectivity index (χ4v) is 3.09. The van der Waals surface area contributed by atoms with E-state index in [9.17, 15) is 0 Å². The van der Waals surface area contributed by atoms with E-state index in [2.05, 4.69) is 48.6 Å². The van der Waals surface area contributed by atoms with Crippen molar-refractivity contribution in [3.63, 3.8) is 0 Å². The minimum absolute atomic E-state index is 0.417. The van der Waals surface area contributed by atoms with Crippen molar-refractivity contribution in [2.24, 2.45) is 0 Å². The molecule has 1 N–H and O–H groups in total. The molecule has 0 aromatic heterocycles. The van der Waals surface area contributed by atoms with Crippen LogP contribution >= 0.6 is 11.6 Å². The van der Waals surface area contributed by atoms with E-state index < -0.39 is 0 Å². The van der Waals surface area contributed by atoms with Gasteiger partial charge in [0.15, 0.2) is 0 Å². The molecule has 1 unspecified atom stereocenters. The van der Waals surface area contributed by atoms with E-state index in [4.69, 9.17) is 11.6 Å². The molecule has 3 rings (SSSR count). The first-order chi connectivity index (χ1) is 9.28. The molecule has 1 atom stereocenters. The molecule has 0 amide bonds. The first-order valence-electron chi connectivity index (χ1n) is 6.90. The quantitative estimate of drug-likeness (QED) is 0.828. The maximum absolute atomic E-state index is 6.06. The zero-order valence-corrected chi connectivity index (χ0v) is 11.9. The Morgan fingerprint density at radius 2 is 2.05 bits per heavy atom. The Labute approximate surface area is 119 Å². The predicted octanol–water partition coefficient (Wildman–Crippen LogP) is 5.00. The number of anilines is 1. The van der Waals surface area contributed by atoms with Crippen molar-refractivity contribution in [2.45, 2.75) is 32.2 Å². The molecule has 0 saturated carbocycles. The zero-order valence-electron chi connectivity index (χ0n) is 11.1. The van der Waals surface area contributed by atoms with Crippen LogP contribution in [0.15, 0.2) is 42.5 Å². The highest BCUT2D eigenvalue weighted by atomic mass is 35.5. The summed E-state index contributed by atoms with van der Waals surface area (Å²) in [5.74, 6) is 0. The lowest BCUT2D eigenvalue weighted by Crippen LogP contribution is -2.08. The second-order valence-corrected chi connectivity index (χ2v) is 5.53. The average molecular weight is 272 g/mol. The molecule has 2 heteroatoms. The first-order valence-corrected chi connectivity index (χ1v) is 7.28. The number of nitrogens with one attached hydrogen (secondary N) is 1. The lowest BCUT2D eigenvalue weighted by molar-refractivity contribution is 0.760. The summed E-state index contributed by atoms with van der Waals surface area (Å²) in [6.07, 6.45) is 3.32. The van der Waals surface area contributed by atoms with Crippen LogP contribution in [0.1, 0.15) is 36.1 Å². The fraction of sp³-hybridized carbons (Fsp3) is 0.294. The molecule has 2 aromatic rings. The summed E-state index contributed by atoms with van der Waals surface area (Å²) in [6, 6.07) is 15.2. The molecule has 1 aliphatic carbocycles. The Balaban J connectivity index is 1.87. The Bertz CT molecular complexity index is 592. The summed E-state index contributed by atoms with van der Waals surface area (Å²) in [7, 11) is 0. The van der Waals surface area contributed by atoms with E-state index in [0.717, 1.165) is 24.3 Å². The van der Waals surface area contributed by atoms with Crippen molar-refractivity contribution >= 4 is 17.3 Å². The number of rotatable bonds is 3. The van der Waals surface area contributed by atoms with Gasteiger partial charge in [0.05, 0.1) is 6.04 Å². The maximum Gasteiger partial charge on any atom is 0.0519 e. The van der Waals surface area contributed by atoms with Crippen molar-refractivity contribution in [3.8, 4) is 0 Å². The van der Waals surface area contributed by atoms with Gasteiger partial charge in [-0.1, -0.05) is 42.8 Å². The van der Waals surface area contributed by atoms with Crippen LogP contribution in [0.4, 0.5) is 5.69 Å². The summed E-state index contributed by atoms with van der Waals surface area (Å²) >= 11 is 6.06. The van der Waals surface area contributed by atoms with Crippen LogP contribution < -0.4 is 5.32 Å². The molecule has 1 aliphatic rings. The molecule has 0 aliphatic heterocycles. The van der Waals surface area contributed by atoms with E-state index in [-0.39, 0.29) is 0 Å². The van der Waals surface area contributed by atoms with Gasteiger partial charge in [0.1, 0.15) is 0 Å². The van der Waals surface area contributed by atoms with E-state index in [0.29, 0.717) is 6.04 Å². The molecule has 98 valence electrons. The zero-order chi connectivity index (χ0) is 13.2. The second-order valence-electron chi connectivity index (χ2n) is 5.09. The summed E-state index contributed by atoms with van der Waals surface area (Å²) in [4.78, 5) is 0. The maximum atomic E-state index is 6.06. The Morgan fingerprint density at radius 1 is 1.21 bits per heavy atom. The van der Waals surface area contributed by atoms with Gasteiger partial charge in [0, 0.05) is 10.7 Å². The van der Waals surface area contributed by atoms with Crippen molar-refractivity contribution in [2.75, 3.05) is 5.32 Å². The number of para-hydroxylation sites is 1. The van der Waals surface area contributed by atoms with E-state index in [1.807, 2.05) is 6.07 Å². The van der Waals surface area contributed by atoms with Gasteiger partial charge in [-0.25, -0.2) is 0 Å². The summed E-state index contributed by atoms with van der Waals surface area (Å²) in [5.41, 5.74) is 5.43. The molecule has 0 fully saturated rings. The smallest absolute Gasteiger partial charge is 0.0519 e. The van der Waals surface area contributed by atoms with Crippen LogP contribution in [0, 0.1) is 0 Å². The van der Waals surface area contributed by atoms with E-state index in [1.54, 1.807) is 0 Å². The Kier molecular flexibility index (Phi) is 3.48. The molecule has 0 radical (unpaired) electrons. The summed E-state index contributed by atoms with van der Waals surface area (Å²) in [5, 5.41) is 4.53. The minimum atomic E-state index is 0.417. The average Bonchev–Trinajstić information content (AvgIpc) is 2.82. The lowest BCUT2D eigenvalue weighted by Gasteiger charge is -2.18. The fourth-order valence-electron chi connectivity index (χ4n) is 2.89. The van der Waals surface area contributed by atoms with Crippen molar-refractivity contribution < 1.29 is 0 Å². The Hall–Kier alpha value is -1.47. The van der Waals surface area contributed by atoms with Crippen LogP contribution in [0.5, 0.6) is 0 Å². The molecule has 0 spiro atoms. The third-order valence-corrected chi connectivity index (χ3v) is 4.15. The Morgan fingerprint density at radius 3 is 2.89 bits per heavy atom. The van der Waals surface area contributed by atoms with Gasteiger partial charge in [-0.2, -0.15) is 0 Å². The van der Waals surface area contributed by atoms with Gasteiger partial charge in [-0.05, 0) is 54.2 Å². The SMILES string of the molecule is CCc1ccccc1NC1CCc2cc(Cl)ccc21. The van der Waals surface area contributed by atoms with Crippen molar-refractivity contribution in [1.82, 2.24) is 0 Å². The molecular formula is C17H18ClN. The van der Waals surface area contributed by atoms with Gasteiger partial charge >= 0.3 is 0 Å². The van der Waals surface area contributed by atoms with Crippen molar-refractivity contribution in [3.05, 3.63) is 64.2 Å². The first kappa shape index (κ1) is 12.6. The van der Waals surface area contributed by atoms with E-state index >= 15 is 0 Å². The standard InChI is InChI=1S/C17H18ClN/c1-2-12-5-3-4-6-16(12)19-17-10-7-13-11-14(18)8-9-15(13)17/h3-6,8-9,11,17,19H,2,7,10H2,1H3. The topological polar surface area (TPSA) is 12.0 Å². The number of hydrogen-bond acceptors (Lipinski definition) is 1. The molecule has 1 nitrogen and oxygen atoms in total. The van der Waals surface area contributed by atoms with Gasteiger partial charge < -0.3 is 5.32 Å². The van der Waals surface area contributed by atoms with Gasteiger partial charge in [0.25, 0.3) is 0 Å². The van der Waals surface area contributed by atoms with Crippen LogP contribution in [-0.2, 0) is 12.8 Å². The number of fused-ring (bicyclic) bond motifs is 1. The van der Waals surface area contributed by atoms with E-state index in [1.165, 1.54) is 22.4 Å². The molecule has 0 heterocycles. The number of benzene rings is 2. The number of halogens is 1. The molecule has 0 saturated heterocycles. The minimum Gasteiger partial charge on any atom is -0.378 e. The van der Waals surface area contributed by atoms with Gasteiger partial charge in [-0.3, -0.25) is 0 Å². The van der Waals surface area contributed by atoms with Crippen LogP contribution in [0.3, 0.4) is 0 Å². The van der Waals surface area contributed by atoms with Gasteiger partial charge in [0.2, 0.25) is 0 Å². The molecule has 19 heavy (non-hydrogen) atoms.